The monoisotopic (exact) mass is 474 g/mol. The number of carbonyl (C=O) groups is 2. The van der Waals surface area contributed by atoms with Gasteiger partial charge in [0.25, 0.3) is 0 Å². The predicted octanol–water partition coefficient (Wildman–Crippen LogP) is 6.32. The number of aryl methyl sites for hydroxylation is 1. The standard InChI is InChI=1S/C23H23ClN2O5S/c1-13-20(25-23(29)30-14(2)18-6-4-5-7-19(18)24)21(31-26-13)17-10-8-16(9-11-17)12-32-15(3)22(27)28/h4-11,14-15H,12H2,1-3H3,(H,25,29)(H,27,28). The van der Waals surface area contributed by atoms with E-state index in [-0.39, 0.29) is 0 Å². The molecule has 0 spiro atoms. The average molecular weight is 475 g/mol. The van der Waals surface area contributed by atoms with Crippen LogP contribution in [0.5, 0.6) is 0 Å². The van der Waals surface area contributed by atoms with Crippen LogP contribution in [-0.4, -0.2) is 27.6 Å². The molecule has 2 unspecified atom stereocenters. The average Bonchev–Trinajstić information content (AvgIpc) is 3.12. The lowest BCUT2D eigenvalue weighted by Gasteiger charge is -2.15. The van der Waals surface area contributed by atoms with Crippen LogP contribution in [0.2, 0.25) is 5.02 Å². The molecule has 0 aliphatic carbocycles. The molecule has 32 heavy (non-hydrogen) atoms. The Morgan fingerprint density at radius 3 is 2.53 bits per heavy atom. The van der Waals surface area contributed by atoms with Gasteiger partial charge in [-0.3, -0.25) is 10.1 Å². The molecule has 0 bridgehead atoms. The first-order valence-electron chi connectivity index (χ1n) is 9.88. The zero-order valence-electron chi connectivity index (χ0n) is 17.8. The van der Waals surface area contributed by atoms with Crippen molar-refractivity contribution in [1.82, 2.24) is 5.16 Å². The lowest BCUT2D eigenvalue weighted by atomic mass is 10.1. The number of rotatable bonds is 8. The normalized spacial score (nSPS) is 12.8. The molecule has 0 aliphatic rings. The van der Waals surface area contributed by atoms with Crippen molar-refractivity contribution < 1.29 is 24.0 Å². The highest BCUT2D eigenvalue weighted by molar-refractivity contribution is 7.99. The van der Waals surface area contributed by atoms with Gasteiger partial charge in [0.05, 0.1) is 5.25 Å². The maximum atomic E-state index is 12.5. The Morgan fingerprint density at radius 2 is 1.88 bits per heavy atom. The van der Waals surface area contributed by atoms with E-state index in [1.165, 1.54) is 11.8 Å². The third kappa shape index (κ3) is 5.83. The first kappa shape index (κ1) is 23.7. The highest BCUT2D eigenvalue weighted by Gasteiger charge is 2.20. The summed E-state index contributed by atoms with van der Waals surface area (Å²) < 4.78 is 10.9. The molecule has 0 radical (unpaired) electrons. The van der Waals surface area contributed by atoms with Crippen LogP contribution >= 0.6 is 23.4 Å². The van der Waals surface area contributed by atoms with Gasteiger partial charge in [0, 0.05) is 21.9 Å². The highest BCUT2D eigenvalue weighted by Crippen LogP contribution is 2.32. The molecule has 1 amide bonds. The smallest absolute Gasteiger partial charge is 0.412 e. The van der Waals surface area contributed by atoms with Crippen molar-refractivity contribution >= 4 is 41.1 Å². The maximum absolute atomic E-state index is 12.5. The van der Waals surface area contributed by atoms with Crippen molar-refractivity contribution in [2.75, 3.05) is 5.32 Å². The fourth-order valence-electron chi connectivity index (χ4n) is 2.92. The minimum atomic E-state index is -0.838. The number of benzene rings is 2. The summed E-state index contributed by atoms with van der Waals surface area (Å²) in [7, 11) is 0. The molecule has 168 valence electrons. The van der Waals surface area contributed by atoms with Crippen molar-refractivity contribution in [3.63, 3.8) is 0 Å². The number of hydrogen-bond donors (Lipinski definition) is 2. The number of carboxylic acid groups (broad SMARTS) is 1. The fraction of sp³-hybridized carbons (Fsp3) is 0.261. The van der Waals surface area contributed by atoms with Gasteiger partial charge in [-0.15, -0.1) is 11.8 Å². The number of aliphatic carboxylic acids is 1. The van der Waals surface area contributed by atoms with Gasteiger partial charge in [-0.05, 0) is 32.4 Å². The van der Waals surface area contributed by atoms with E-state index in [2.05, 4.69) is 10.5 Å². The summed E-state index contributed by atoms with van der Waals surface area (Å²) >= 11 is 7.52. The van der Waals surface area contributed by atoms with Crippen molar-refractivity contribution in [2.45, 2.75) is 37.9 Å². The molecule has 9 heteroatoms. The molecule has 0 saturated heterocycles. The Kier molecular flexibility index (Phi) is 7.82. The molecule has 7 nitrogen and oxygen atoms in total. The minimum Gasteiger partial charge on any atom is -0.480 e. The Morgan fingerprint density at radius 1 is 1.19 bits per heavy atom. The van der Waals surface area contributed by atoms with Crippen molar-refractivity contribution in [3.05, 3.63) is 70.4 Å². The molecule has 1 aromatic heterocycles. The summed E-state index contributed by atoms with van der Waals surface area (Å²) in [5.74, 6) is 0.138. The molecule has 2 atom stereocenters. The Balaban J connectivity index is 1.69. The summed E-state index contributed by atoms with van der Waals surface area (Å²) in [5.41, 5.74) is 3.34. The first-order chi connectivity index (χ1) is 15.3. The van der Waals surface area contributed by atoms with Crippen LogP contribution in [0.4, 0.5) is 10.5 Å². The van der Waals surface area contributed by atoms with Crippen LogP contribution in [0, 0.1) is 6.92 Å². The van der Waals surface area contributed by atoms with E-state index >= 15 is 0 Å². The molecule has 2 N–H and O–H groups in total. The quantitative estimate of drug-likeness (QED) is 0.393. The minimum absolute atomic E-state index is 0.406. The zero-order chi connectivity index (χ0) is 23.3. The van der Waals surface area contributed by atoms with E-state index in [4.69, 9.17) is 26.0 Å². The van der Waals surface area contributed by atoms with Crippen molar-refractivity contribution in [1.29, 1.82) is 0 Å². The second-order valence-electron chi connectivity index (χ2n) is 7.15. The molecular weight excluding hydrogens is 452 g/mol. The van der Waals surface area contributed by atoms with E-state index in [0.717, 1.165) is 11.1 Å². The summed E-state index contributed by atoms with van der Waals surface area (Å²) in [4.78, 5) is 23.5. The van der Waals surface area contributed by atoms with E-state index in [0.29, 0.717) is 33.5 Å². The van der Waals surface area contributed by atoms with Gasteiger partial charge in [0.1, 0.15) is 17.5 Å². The lowest BCUT2D eigenvalue weighted by molar-refractivity contribution is -0.136. The van der Waals surface area contributed by atoms with E-state index < -0.39 is 23.4 Å². The molecule has 3 aromatic rings. The number of carboxylic acids is 1. The van der Waals surface area contributed by atoms with E-state index in [9.17, 15) is 9.59 Å². The fourth-order valence-corrected chi connectivity index (χ4v) is 3.99. The van der Waals surface area contributed by atoms with Crippen molar-refractivity contribution in [2.24, 2.45) is 0 Å². The van der Waals surface area contributed by atoms with Gasteiger partial charge in [-0.2, -0.15) is 0 Å². The molecule has 2 aromatic carbocycles. The predicted molar refractivity (Wildman–Crippen MR) is 125 cm³/mol. The van der Waals surface area contributed by atoms with Gasteiger partial charge in [-0.25, -0.2) is 4.79 Å². The van der Waals surface area contributed by atoms with Crippen LogP contribution < -0.4 is 5.32 Å². The second-order valence-corrected chi connectivity index (χ2v) is 8.89. The molecule has 0 aliphatic heterocycles. The highest BCUT2D eigenvalue weighted by atomic mass is 35.5. The summed E-state index contributed by atoms with van der Waals surface area (Å²) in [6.07, 6.45) is -1.20. The molecule has 0 saturated carbocycles. The number of hydrogen-bond acceptors (Lipinski definition) is 6. The van der Waals surface area contributed by atoms with Gasteiger partial charge < -0.3 is 14.4 Å². The van der Waals surface area contributed by atoms with Crippen LogP contribution in [0.1, 0.15) is 36.8 Å². The van der Waals surface area contributed by atoms with Gasteiger partial charge in [-0.1, -0.05) is 59.2 Å². The molecule has 1 heterocycles. The van der Waals surface area contributed by atoms with Gasteiger partial charge >= 0.3 is 12.1 Å². The number of ether oxygens (including phenoxy) is 1. The number of thioether (sulfide) groups is 1. The third-order valence-electron chi connectivity index (χ3n) is 4.78. The second kappa shape index (κ2) is 10.6. The lowest BCUT2D eigenvalue weighted by Crippen LogP contribution is -2.17. The molecule has 3 rings (SSSR count). The van der Waals surface area contributed by atoms with Gasteiger partial charge in [0.2, 0.25) is 0 Å². The largest absolute Gasteiger partial charge is 0.480 e. The number of nitrogens with one attached hydrogen (secondary N) is 1. The number of anilines is 1. The Bertz CT molecular complexity index is 1100. The van der Waals surface area contributed by atoms with Crippen LogP contribution in [0.3, 0.4) is 0 Å². The maximum Gasteiger partial charge on any atom is 0.412 e. The summed E-state index contributed by atoms with van der Waals surface area (Å²) in [6, 6.07) is 14.6. The van der Waals surface area contributed by atoms with Crippen molar-refractivity contribution in [3.8, 4) is 11.3 Å². The third-order valence-corrected chi connectivity index (χ3v) is 6.33. The van der Waals surface area contributed by atoms with Crippen LogP contribution in [0.25, 0.3) is 11.3 Å². The Hall–Kier alpha value is -2.97. The van der Waals surface area contributed by atoms with Crippen LogP contribution in [-0.2, 0) is 15.3 Å². The topological polar surface area (TPSA) is 102 Å². The molecule has 0 fully saturated rings. The van der Waals surface area contributed by atoms with E-state index in [1.807, 2.05) is 36.4 Å². The SMILES string of the molecule is Cc1noc(-c2ccc(CSC(C)C(=O)O)cc2)c1NC(=O)OC(C)c1ccccc1Cl. The molecular formula is C23H23ClN2O5S. The first-order valence-corrected chi connectivity index (χ1v) is 11.3. The zero-order valence-corrected chi connectivity index (χ0v) is 19.4. The van der Waals surface area contributed by atoms with Crippen LogP contribution in [0.15, 0.2) is 53.1 Å². The summed E-state index contributed by atoms with van der Waals surface area (Å²) in [5, 5.41) is 15.7. The number of amides is 1. The summed E-state index contributed by atoms with van der Waals surface area (Å²) in [6.45, 7) is 5.12. The number of carbonyl (C=O) groups excluding carboxylic acids is 1. The number of aromatic nitrogens is 1. The number of nitrogens with zero attached hydrogens (tertiary/aromatic N) is 1. The Labute approximate surface area is 195 Å². The number of halogens is 1. The van der Waals surface area contributed by atoms with E-state index in [1.54, 1.807) is 32.9 Å². The van der Waals surface area contributed by atoms with Gasteiger partial charge in [0.15, 0.2) is 5.76 Å².